The summed E-state index contributed by atoms with van der Waals surface area (Å²) in [6.45, 7) is 0.878. The van der Waals surface area contributed by atoms with Gasteiger partial charge in [0, 0.05) is 12.4 Å². The van der Waals surface area contributed by atoms with Crippen LogP contribution in [0.4, 0.5) is 0 Å². The molecule has 2 aliphatic heterocycles. The summed E-state index contributed by atoms with van der Waals surface area (Å²) >= 11 is 3.36. The van der Waals surface area contributed by atoms with E-state index in [0.29, 0.717) is 0 Å². The number of hydrogen-bond donors (Lipinski definition) is 1. The molecule has 0 bridgehead atoms. The SMILES string of the molecule is BrN1CC=C2NC=CN=C21. The summed E-state index contributed by atoms with van der Waals surface area (Å²) in [5.41, 5.74) is 1.08. The smallest absolute Gasteiger partial charge is 0.162 e. The van der Waals surface area contributed by atoms with E-state index in [1.54, 1.807) is 6.20 Å². The number of nitrogens with zero attached hydrogens (tertiary/aromatic N) is 2. The second kappa shape index (κ2) is 2.12. The van der Waals surface area contributed by atoms with Gasteiger partial charge in [-0.05, 0) is 6.08 Å². The molecule has 2 rings (SSSR count). The average Bonchev–Trinajstić information content (AvgIpc) is 2.34. The third-order valence-electron chi connectivity index (χ3n) is 1.44. The molecule has 3 nitrogen and oxygen atoms in total. The topological polar surface area (TPSA) is 27.6 Å². The van der Waals surface area contributed by atoms with Crippen LogP contribution in [0.2, 0.25) is 0 Å². The molecule has 0 radical (unpaired) electrons. The molecule has 0 atom stereocenters. The Morgan fingerprint density at radius 1 is 1.70 bits per heavy atom. The van der Waals surface area contributed by atoms with Crippen molar-refractivity contribution in [2.75, 3.05) is 6.54 Å². The van der Waals surface area contributed by atoms with Crippen molar-refractivity contribution >= 4 is 22.0 Å². The molecule has 1 N–H and O–H groups in total. The molecule has 0 aromatic heterocycles. The van der Waals surface area contributed by atoms with Gasteiger partial charge in [0.15, 0.2) is 5.84 Å². The number of amidine groups is 1. The third-order valence-corrected chi connectivity index (χ3v) is 2.06. The molecule has 0 amide bonds. The highest BCUT2D eigenvalue weighted by Gasteiger charge is 2.19. The van der Waals surface area contributed by atoms with Gasteiger partial charge in [0.25, 0.3) is 0 Å². The first-order valence-electron chi connectivity index (χ1n) is 3.01. The van der Waals surface area contributed by atoms with Crippen LogP contribution in [0.3, 0.4) is 0 Å². The van der Waals surface area contributed by atoms with Crippen molar-refractivity contribution in [3.05, 3.63) is 24.2 Å². The number of fused-ring (bicyclic) bond motifs is 1. The standard InChI is InChI=1S/C6H6BrN3/c7-10-4-1-5-6(10)9-3-2-8-5/h1-3,8H,4H2. The second-order valence-corrected chi connectivity index (χ2v) is 2.93. The van der Waals surface area contributed by atoms with E-state index < -0.39 is 0 Å². The summed E-state index contributed by atoms with van der Waals surface area (Å²) in [5, 5.41) is 3.09. The number of aliphatic imine (C=N–C) groups is 1. The van der Waals surface area contributed by atoms with Gasteiger partial charge in [-0.1, -0.05) is 0 Å². The zero-order valence-electron chi connectivity index (χ0n) is 5.21. The highest BCUT2D eigenvalue weighted by Crippen LogP contribution is 2.16. The summed E-state index contributed by atoms with van der Waals surface area (Å²) in [6, 6.07) is 0. The minimum Gasteiger partial charge on any atom is -0.357 e. The first kappa shape index (κ1) is 5.97. The van der Waals surface area contributed by atoms with Crippen molar-refractivity contribution in [2.45, 2.75) is 0 Å². The molecule has 10 heavy (non-hydrogen) atoms. The summed E-state index contributed by atoms with van der Waals surface area (Å²) in [4.78, 5) is 4.16. The molecular formula is C6H6BrN3. The quantitative estimate of drug-likeness (QED) is 0.590. The normalized spacial score (nSPS) is 21.5. The molecule has 0 aromatic carbocycles. The largest absolute Gasteiger partial charge is 0.357 e. The minimum absolute atomic E-state index is 0.878. The Morgan fingerprint density at radius 2 is 2.60 bits per heavy atom. The Morgan fingerprint density at radius 3 is 3.40 bits per heavy atom. The van der Waals surface area contributed by atoms with E-state index in [2.05, 4.69) is 32.5 Å². The number of halogens is 1. The van der Waals surface area contributed by atoms with Gasteiger partial charge < -0.3 is 5.32 Å². The van der Waals surface area contributed by atoms with Gasteiger partial charge in [0.1, 0.15) is 0 Å². The van der Waals surface area contributed by atoms with E-state index in [1.807, 2.05) is 10.1 Å². The lowest BCUT2D eigenvalue weighted by Gasteiger charge is -2.12. The average molecular weight is 200 g/mol. The maximum absolute atomic E-state index is 4.16. The van der Waals surface area contributed by atoms with Gasteiger partial charge in [-0.2, -0.15) is 0 Å². The monoisotopic (exact) mass is 199 g/mol. The van der Waals surface area contributed by atoms with Crippen molar-refractivity contribution in [1.82, 2.24) is 9.24 Å². The molecule has 0 saturated heterocycles. The summed E-state index contributed by atoms with van der Waals surface area (Å²) in [6.07, 6.45) is 5.64. The lowest BCUT2D eigenvalue weighted by Crippen LogP contribution is -2.23. The van der Waals surface area contributed by atoms with Crippen LogP contribution in [0.25, 0.3) is 0 Å². The van der Waals surface area contributed by atoms with Gasteiger partial charge >= 0.3 is 0 Å². The summed E-state index contributed by atoms with van der Waals surface area (Å²) in [7, 11) is 0. The van der Waals surface area contributed by atoms with Gasteiger partial charge in [0.2, 0.25) is 0 Å². The number of rotatable bonds is 0. The Balaban J connectivity index is 2.37. The van der Waals surface area contributed by atoms with Crippen molar-refractivity contribution in [3.8, 4) is 0 Å². The zero-order chi connectivity index (χ0) is 6.97. The van der Waals surface area contributed by atoms with E-state index in [9.17, 15) is 0 Å². The fourth-order valence-corrected chi connectivity index (χ4v) is 1.40. The Hall–Kier alpha value is -0.770. The lowest BCUT2D eigenvalue weighted by molar-refractivity contribution is 0.807. The molecule has 2 aliphatic rings. The van der Waals surface area contributed by atoms with Crippen LogP contribution in [0, 0.1) is 0 Å². The van der Waals surface area contributed by atoms with Crippen LogP contribution in [-0.4, -0.2) is 16.3 Å². The van der Waals surface area contributed by atoms with E-state index in [1.165, 1.54) is 0 Å². The molecule has 0 unspecified atom stereocenters. The highest BCUT2D eigenvalue weighted by molar-refractivity contribution is 9.07. The molecular weight excluding hydrogens is 194 g/mol. The molecule has 0 aliphatic carbocycles. The fourth-order valence-electron chi connectivity index (χ4n) is 0.970. The third kappa shape index (κ3) is 0.759. The predicted octanol–water partition coefficient (Wildman–Crippen LogP) is 0.969. The minimum atomic E-state index is 0.878. The summed E-state index contributed by atoms with van der Waals surface area (Å²) in [5.74, 6) is 0.961. The Bertz CT molecular complexity index is 241. The maximum Gasteiger partial charge on any atom is 0.162 e. The van der Waals surface area contributed by atoms with E-state index >= 15 is 0 Å². The lowest BCUT2D eigenvalue weighted by atomic mass is 10.4. The first-order chi connectivity index (χ1) is 4.88. The molecule has 0 fully saturated rings. The van der Waals surface area contributed by atoms with Crippen molar-refractivity contribution < 1.29 is 0 Å². The molecule has 4 heteroatoms. The predicted molar refractivity (Wildman–Crippen MR) is 43.4 cm³/mol. The van der Waals surface area contributed by atoms with Crippen LogP contribution in [-0.2, 0) is 0 Å². The van der Waals surface area contributed by atoms with Crippen molar-refractivity contribution in [1.29, 1.82) is 0 Å². The van der Waals surface area contributed by atoms with Crippen molar-refractivity contribution in [2.24, 2.45) is 4.99 Å². The van der Waals surface area contributed by atoms with Crippen LogP contribution < -0.4 is 5.32 Å². The molecule has 0 spiro atoms. The van der Waals surface area contributed by atoms with Crippen LogP contribution in [0.1, 0.15) is 0 Å². The van der Waals surface area contributed by atoms with E-state index in [-0.39, 0.29) is 0 Å². The molecule has 52 valence electrons. The van der Waals surface area contributed by atoms with Crippen molar-refractivity contribution in [3.63, 3.8) is 0 Å². The highest BCUT2D eigenvalue weighted by atomic mass is 79.9. The second-order valence-electron chi connectivity index (χ2n) is 2.08. The van der Waals surface area contributed by atoms with Crippen LogP contribution in [0.5, 0.6) is 0 Å². The van der Waals surface area contributed by atoms with E-state index in [4.69, 9.17) is 0 Å². The van der Waals surface area contributed by atoms with E-state index in [0.717, 1.165) is 18.1 Å². The number of nitrogens with one attached hydrogen (secondary N) is 1. The first-order valence-corrected chi connectivity index (χ1v) is 3.72. The zero-order valence-corrected chi connectivity index (χ0v) is 6.80. The Labute approximate surface area is 67.5 Å². The van der Waals surface area contributed by atoms with Gasteiger partial charge in [-0.25, -0.2) is 4.99 Å². The van der Waals surface area contributed by atoms with Gasteiger partial charge in [0.05, 0.1) is 28.4 Å². The van der Waals surface area contributed by atoms with Gasteiger partial charge in [-0.15, -0.1) is 0 Å². The fraction of sp³-hybridized carbons (Fsp3) is 0.167. The van der Waals surface area contributed by atoms with Gasteiger partial charge in [-0.3, -0.25) is 3.93 Å². The molecule has 2 heterocycles. The number of hydrogen-bond acceptors (Lipinski definition) is 3. The molecule has 0 aromatic rings. The van der Waals surface area contributed by atoms with Crippen LogP contribution >= 0.6 is 16.1 Å². The van der Waals surface area contributed by atoms with Crippen LogP contribution in [0.15, 0.2) is 29.2 Å². The summed E-state index contributed by atoms with van der Waals surface area (Å²) < 4.78 is 1.92. The maximum atomic E-state index is 4.16. The Kier molecular flexibility index (Phi) is 1.27. The molecule has 0 saturated carbocycles.